The average Bonchev–Trinajstić information content (AvgIpc) is 2.90. The maximum absolute atomic E-state index is 11.9. The van der Waals surface area contributed by atoms with Gasteiger partial charge in [0.15, 0.2) is 0 Å². The van der Waals surface area contributed by atoms with Crippen molar-refractivity contribution < 1.29 is 24.2 Å². The van der Waals surface area contributed by atoms with E-state index < -0.39 is 6.10 Å². The number of ether oxygens (including phenoxy) is 2. The molecule has 0 unspecified atom stereocenters. The molecule has 1 fully saturated rings. The zero-order chi connectivity index (χ0) is 21.5. The number of anilines is 1. The lowest BCUT2D eigenvalue weighted by molar-refractivity contribution is -0.160. The summed E-state index contributed by atoms with van der Waals surface area (Å²) in [7, 11) is 0. The van der Waals surface area contributed by atoms with E-state index in [1.54, 1.807) is 0 Å². The van der Waals surface area contributed by atoms with Crippen molar-refractivity contribution in [3.05, 3.63) is 22.3 Å². The van der Waals surface area contributed by atoms with E-state index in [1.807, 2.05) is 6.92 Å². The first-order valence-corrected chi connectivity index (χ1v) is 10.5. The second kappa shape index (κ2) is 7.98. The molecule has 2 aliphatic rings. The number of carbonyl (C=O) groups excluding carboxylic acids is 2. The smallest absolute Gasteiger partial charge is 0.308 e. The molecule has 1 saturated heterocycles. The molecule has 3 rings (SSSR count). The lowest BCUT2D eigenvalue weighted by atomic mass is 9.85. The molecule has 0 bridgehead atoms. The molecule has 2 heterocycles. The monoisotopic (exact) mass is 403 g/mol. The third-order valence-corrected chi connectivity index (χ3v) is 5.78. The fourth-order valence-corrected chi connectivity index (χ4v) is 4.62. The van der Waals surface area contributed by atoms with Gasteiger partial charge in [-0.3, -0.25) is 9.59 Å². The molecular formula is C23H33NO5. The van der Waals surface area contributed by atoms with Crippen LogP contribution in [0.1, 0.15) is 82.1 Å². The SMILES string of the molecule is CC(=O)Nc1c(C)c2c(c(CC[C@@H]3C[C@@H](O)CC(=O)O3)c1C(C)C)OC(C)(C)C2. The average molecular weight is 404 g/mol. The third kappa shape index (κ3) is 4.58. The van der Waals surface area contributed by atoms with E-state index in [0.717, 1.165) is 40.1 Å². The van der Waals surface area contributed by atoms with E-state index in [0.29, 0.717) is 19.3 Å². The summed E-state index contributed by atoms with van der Waals surface area (Å²) in [5, 5.41) is 13.0. The van der Waals surface area contributed by atoms with E-state index in [-0.39, 0.29) is 35.9 Å². The lowest BCUT2D eigenvalue weighted by Crippen LogP contribution is -2.33. The summed E-state index contributed by atoms with van der Waals surface area (Å²) in [6, 6.07) is 0. The predicted molar refractivity (Wildman–Crippen MR) is 111 cm³/mol. The van der Waals surface area contributed by atoms with E-state index in [9.17, 15) is 14.7 Å². The first-order valence-electron chi connectivity index (χ1n) is 10.5. The molecule has 2 N–H and O–H groups in total. The Hall–Kier alpha value is -2.08. The minimum atomic E-state index is -0.639. The standard InChI is InChI=1S/C23H33NO5/c1-12(2)20-17(8-7-16-9-15(26)10-19(27)28-16)22-18(11-23(5,6)29-22)13(3)21(20)24-14(4)25/h12,15-16,26H,7-11H2,1-6H3,(H,24,25)/t15-,16-/m1/s1. The van der Waals surface area contributed by atoms with E-state index in [4.69, 9.17) is 9.47 Å². The number of carbonyl (C=O) groups is 2. The van der Waals surface area contributed by atoms with Crippen molar-refractivity contribution in [1.29, 1.82) is 0 Å². The highest BCUT2D eigenvalue weighted by molar-refractivity contribution is 5.92. The molecular weight excluding hydrogens is 370 g/mol. The molecule has 0 aliphatic carbocycles. The normalized spacial score (nSPS) is 22.8. The molecule has 160 valence electrons. The minimum absolute atomic E-state index is 0.0671. The minimum Gasteiger partial charge on any atom is -0.487 e. The highest BCUT2D eigenvalue weighted by atomic mass is 16.5. The van der Waals surface area contributed by atoms with Gasteiger partial charge >= 0.3 is 5.97 Å². The van der Waals surface area contributed by atoms with Crippen LogP contribution < -0.4 is 10.1 Å². The molecule has 6 nitrogen and oxygen atoms in total. The number of rotatable bonds is 5. The topological polar surface area (TPSA) is 84.9 Å². The van der Waals surface area contributed by atoms with Gasteiger partial charge in [0.25, 0.3) is 0 Å². The van der Waals surface area contributed by atoms with Crippen LogP contribution in [0.25, 0.3) is 0 Å². The number of cyclic esters (lactones) is 1. The van der Waals surface area contributed by atoms with Crippen LogP contribution in [0.15, 0.2) is 0 Å². The van der Waals surface area contributed by atoms with Crippen LogP contribution >= 0.6 is 0 Å². The Morgan fingerprint density at radius 1 is 1.34 bits per heavy atom. The first kappa shape index (κ1) is 21.6. The molecule has 29 heavy (non-hydrogen) atoms. The van der Waals surface area contributed by atoms with Gasteiger partial charge in [0.2, 0.25) is 5.91 Å². The van der Waals surface area contributed by atoms with Crippen molar-refractivity contribution in [2.45, 2.75) is 97.4 Å². The second-order valence-corrected chi connectivity index (χ2v) is 9.32. The van der Waals surface area contributed by atoms with E-state index >= 15 is 0 Å². The van der Waals surface area contributed by atoms with Crippen LogP contribution in [0.2, 0.25) is 0 Å². The Bertz CT molecular complexity index is 827. The van der Waals surface area contributed by atoms with Crippen LogP contribution in [-0.2, 0) is 27.2 Å². The number of aliphatic hydroxyl groups excluding tert-OH is 1. The maximum Gasteiger partial charge on any atom is 0.308 e. The zero-order valence-corrected chi connectivity index (χ0v) is 18.3. The highest BCUT2D eigenvalue weighted by Gasteiger charge is 2.37. The van der Waals surface area contributed by atoms with Gasteiger partial charge in [-0.2, -0.15) is 0 Å². The Balaban J connectivity index is 2.03. The molecule has 2 atom stereocenters. The van der Waals surface area contributed by atoms with Gasteiger partial charge in [0.1, 0.15) is 17.5 Å². The second-order valence-electron chi connectivity index (χ2n) is 9.32. The summed E-state index contributed by atoms with van der Waals surface area (Å²) in [4.78, 5) is 23.6. The van der Waals surface area contributed by atoms with Gasteiger partial charge < -0.3 is 19.9 Å². The largest absolute Gasteiger partial charge is 0.487 e. The number of fused-ring (bicyclic) bond motifs is 1. The summed E-state index contributed by atoms with van der Waals surface area (Å²) in [5.41, 5.74) is 4.93. The molecule has 0 aromatic heterocycles. The summed E-state index contributed by atoms with van der Waals surface area (Å²) >= 11 is 0. The molecule has 2 aliphatic heterocycles. The predicted octanol–water partition coefficient (Wildman–Crippen LogP) is 3.79. The van der Waals surface area contributed by atoms with Crippen LogP contribution in [0.4, 0.5) is 5.69 Å². The van der Waals surface area contributed by atoms with Crippen molar-refractivity contribution in [3.8, 4) is 5.75 Å². The van der Waals surface area contributed by atoms with Gasteiger partial charge in [-0.15, -0.1) is 0 Å². The Morgan fingerprint density at radius 2 is 2.03 bits per heavy atom. The van der Waals surface area contributed by atoms with Gasteiger partial charge in [-0.25, -0.2) is 0 Å². The molecule has 0 radical (unpaired) electrons. The molecule has 6 heteroatoms. The molecule has 1 amide bonds. The van der Waals surface area contributed by atoms with Crippen LogP contribution in [0.5, 0.6) is 5.75 Å². The molecule has 0 spiro atoms. The number of esters is 1. The number of amides is 1. The van der Waals surface area contributed by atoms with Crippen molar-refractivity contribution in [2.24, 2.45) is 0 Å². The van der Waals surface area contributed by atoms with E-state index in [1.165, 1.54) is 6.92 Å². The van der Waals surface area contributed by atoms with Crippen molar-refractivity contribution in [1.82, 2.24) is 0 Å². The summed E-state index contributed by atoms with van der Waals surface area (Å²) in [5.74, 6) is 0.655. The van der Waals surface area contributed by atoms with Crippen molar-refractivity contribution in [2.75, 3.05) is 5.32 Å². The van der Waals surface area contributed by atoms with Crippen LogP contribution in [0, 0.1) is 6.92 Å². The molecule has 1 aromatic rings. The van der Waals surface area contributed by atoms with Gasteiger partial charge in [-0.05, 0) is 50.7 Å². The quantitative estimate of drug-likeness (QED) is 0.731. The molecule has 1 aromatic carbocycles. The van der Waals surface area contributed by atoms with Crippen molar-refractivity contribution in [3.63, 3.8) is 0 Å². The number of hydrogen-bond donors (Lipinski definition) is 2. The fourth-order valence-electron chi connectivity index (χ4n) is 4.62. The lowest BCUT2D eigenvalue weighted by Gasteiger charge is -2.28. The van der Waals surface area contributed by atoms with Gasteiger partial charge in [0.05, 0.1) is 12.5 Å². The summed E-state index contributed by atoms with van der Waals surface area (Å²) in [6.07, 6.45) is 1.63. The summed E-state index contributed by atoms with van der Waals surface area (Å²) < 4.78 is 11.8. The zero-order valence-electron chi connectivity index (χ0n) is 18.3. The Kier molecular flexibility index (Phi) is 5.95. The van der Waals surface area contributed by atoms with Crippen LogP contribution in [-0.4, -0.2) is 34.8 Å². The number of benzene rings is 1. The Labute approximate surface area is 173 Å². The molecule has 0 saturated carbocycles. The van der Waals surface area contributed by atoms with Crippen molar-refractivity contribution >= 4 is 17.6 Å². The highest BCUT2D eigenvalue weighted by Crippen LogP contribution is 2.47. The number of aliphatic hydroxyl groups is 1. The van der Waals surface area contributed by atoms with E-state index in [2.05, 4.69) is 33.0 Å². The maximum atomic E-state index is 11.9. The van der Waals surface area contributed by atoms with Crippen LogP contribution in [0.3, 0.4) is 0 Å². The Morgan fingerprint density at radius 3 is 2.62 bits per heavy atom. The van der Waals surface area contributed by atoms with Gasteiger partial charge in [0, 0.05) is 36.6 Å². The third-order valence-electron chi connectivity index (χ3n) is 5.78. The number of nitrogens with one attached hydrogen (secondary N) is 1. The van der Waals surface area contributed by atoms with Gasteiger partial charge in [-0.1, -0.05) is 13.8 Å². The summed E-state index contributed by atoms with van der Waals surface area (Å²) in [6.45, 7) is 11.9. The first-order chi connectivity index (χ1) is 13.5. The fraction of sp³-hybridized carbons (Fsp3) is 0.652. The number of hydrogen-bond acceptors (Lipinski definition) is 5.